The number of hydrogen-bond acceptors (Lipinski definition) is 3. The van der Waals surface area contributed by atoms with E-state index in [2.05, 4.69) is 25.1 Å². The molecule has 3 nitrogen and oxygen atoms in total. The molecular formula is C15H23NO2. The maximum absolute atomic E-state index is 9.97. The molecule has 1 N–H and O–H groups in total. The molecule has 0 fully saturated rings. The molecule has 1 atom stereocenters. The molecule has 0 unspecified atom stereocenters. The zero-order valence-electron chi connectivity index (χ0n) is 11.4. The van der Waals surface area contributed by atoms with Gasteiger partial charge in [0, 0.05) is 6.54 Å². The SMILES string of the molecule is CN(C)CCCOc1ccc2c(c1)[C@@H](O)CCC2. The Labute approximate surface area is 109 Å². The van der Waals surface area contributed by atoms with Crippen LogP contribution in [-0.2, 0) is 6.42 Å². The third-order valence-electron chi connectivity index (χ3n) is 3.42. The lowest BCUT2D eigenvalue weighted by atomic mass is 9.89. The second-order valence-electron chi connectivity index (χ2n) is 5.27. The summed E-state index contributed by atoms with van der Waals surface area (Å²) < 4.78 is 5.73. The first-order chi connectivity index (χ1) is 8.66. The Kier molecular flexibility index (Phi) is 4.61. The molecule has 0 saturated carbocycles. The van der Waals surface area contributed by atoms with Crippen molar-refractivity contribution in [3.05, 3.63) is 29.3 Å². The Morgan fingerprint density at radius 1 is 1.39 bits per heavy atom. The first-order valence-corrected chi connectivity index (χ1v) is 6.75. The van der Waals surface area contributed by atoms with Crippen molar-refractivity contribution in [1.29, 1.82) is 0 Å². The van der Waals surface area contributed by atoms with E-state index >= 15 is 0 Å². The predicted octanol–water partition coefficient (Wildman–Crippen LogP) is 2.39. The maximum atomic E-state index is 9.97. The smallest absolute Gasteiger partial charge is 0.119 e. The molecule has 1 aliphatic rings. The minimum absolute atomic E-state index is 0.306. The Balaban J connectivity index is 1.92. The molecule has 1 aromatic rings. The molecule has 1 aliphatic carbocycles. The second kappa shape index (κ2) is 6.21. The van der Waals surface area contributed by atoms with E-state index in [0.29, 0.717) is 0 Å². The number of ether oxygens (including phenoxy) is 1. The van der Waals surface area contributed by atoms with Gasteiger partial charge in [-0.1, -0.05) is 6.07 Å². The highest BCUT2D eigenvalue weighted by Gasteiger charge is 2.18. The molecule has 0 spiro atoms. The maximum Gasteiger partial charge on any atom is 0.119 e. The number of aliphatic hydroxyl groups is 1. The van der Waals surface area contributed by atoms with Gasteiger partial charge in [-0.3, -0.25) is 0 Å². The molecule has 0 bridgehead atoms. The zero-order valence-corrected chi connectivity index (χ0v) is 11.4. The van der Waals surface area contributed by atoms with Crippen molar-refractivity contribution in [2.75, 3.05) is 27.2 Å². The molecule has 1 aromatic carbocycles. The fraction of sp³-hybridized carbons (Fsp3) is 0.600. The summed E-state index contributed by atoms with van der Waals surface area (Å²) in [4.78, 5) is 2.15. The Bertz CT molecular complexity index is 390. The average molecular weight is 249 g/mol. The Morgan fingerprint density at radius 3 is 3.00 bits per heavy atom. The van der Waals surface area contributed by atoms with E-state index in [1.54, 1.807) is 0 Å². The van der Waals surface area contributed by atoms with E-state index in [9.17, 15) is 5.11 Å². The first-order valence-electron chi connectivity index (χ1n) is 6.75. The van der Waals surface area contributed by atoms with Crippen LogP contribution in [0.3, 0.4) is 0 Å². The third kappa shape index (κ3) is 3.47. The summed E-state index contributed by atoms with van der Waals surface area (Å²) in [5.41, 5.74) is 2.33. The van der Waals surface area contributed by atoms with Gasteiger partial charge in [0.25, 0.3) is 0 Å². The van der Waals surface area contributed by atoms with Crippen molar-refractivity contribution >= 4 is 0 Å². The van der Waals surface area contributed by atoms with Crippen LogP contribution in [0.5, 0.6) is 5.75 Å². The van der Waals surface area contributed by atoms with Crippen LogP contribution in [-0.4, -0.2) is 37.3 Å². The van der Waals surface area contributed by atoms with Gasteiger partial charge in [-0.2, -0.15) is 0 Å². The van der Waals surface area contributed by atoms with Crippen molar-refractivity contribution in [2.24, 2.45) is 0 Å². The number of hydrogen-bond donors (Lipinski definition) is 1. The molecule has 2 rings (SSSR count). The van der Waals surface area contributed by atoms with Crippen LogP contribution >= 0.6 is 0 Å². The van der Waals surface area contributed by atoms with Crippen molar-refractivity contribution < 1.29 is 9.84 Å². The van der Waals surface area contributed by atoms with Crippen molar-refractivity contribution in [2.45, 2.75) is 31.8 Å². The molecule has 0 amide bonds. The second-order valence-corrected chi connectivity index (χ2v) is 5.27. The first kappa shape index (κ1) is 13.4. The number of benzene rings is 1. The highest BCUT2D eigenvalue weighted by molar-refractivity contribution is 5.38. The van der Waals surface area contributed by atoms with Gasteiger partial charge in [0.2, 0.25) is 0 Å². The summed E-state index contributed by atoms with van der Waals surface area (Å²) in [7, 11) is 4.13. The van der Waals surface area contributed by atoms with Crippen molar-refractivity contribution in [3.8, 4) is 5.75 Å². The zero-order chi connectivity index (χ0) is 13.0. The fourth-order valence-electron chi connectivity index (χ4n) is 2.41. The summed E-state index contributed by atoms with van der Waals surface area (Å²) in [6.45, 7) is 1.76. The molecule has 0 aliphatic heterocycles. The third-order valence-corrected chi connectivity index (χ3v) is 3.42. The van der Waals surface area contributed by atoms with Crippen LogP contribution in [0, 0.1) is 0 Å². The van der Waals surface area contributed by atoms with Gasteiger partial charge in [0.05, 0.1) is 12.7 Å². The van der Waals surface area contributed by atoms with Crippen LogP contribution in [0.1, 0.15) is 36.5 Å². The summed E-state index contributed by atoms with van der Waals surface area (Å²) in [6, 6.07) is 6.13. The fourth-order valence-corrected chi connectivity index (χ4v) is 2.41. The lowest BCUT2D eigenvalue weighted by Crippen LogP contribution is -2.15. The summed E-state index contributed by atoms with van der Waals surface area (Å²) in [6.07, 6.45) is 3.74. The topological polar surface area (TPSA) is 32.7 Å². The van der Waals surface area contributed by atoms with Gasteiger partial charge < -0.3 is 14.7 Å². The van der Waals surface area contributed by atoms with Crippen LogP contribution in [0.4, 0.5) is 0 Å². The van der Waals surface area contributed by atoms with Gasteiger partial charge >= 0.3 is 0 Å². The molecule has 0 radical (unpaired) electrons. The molecule has 3 heteroatoms. The van der Waals surface area contributed by atoms with Gasteiger partial charge in [-0.15, -0.1) is 0 Å². The summed E-state index contributed by atoms with van der Waals surface area (Å²) >= 11 is 0. The lowest BCUT2D eigenvalue weighted by Gasteiger charge is -2.22. The molecule has 18 heavy (non-hydrogen) atoms. The standard InChI is InChI=1S/C15H23NO2/c1-16(2)9-4-10-18-13-8-7-12-5-3-6-15(17)14(12)11-13/h7-8,11,15,17H,3-6,9-10H2,1-2H3/t15-/m0/s1. The number of aliphatic hydroxyl groups excluding tert-OH is 1. The van der Waals surface area contributed by atoms with Crippen molar-refractivity contribution in [1.82, 2.24) is 4.90 Å². The van der Waals surface area contributed by atoms with Crippen LogP contribution in [0.2, 0.25) is 0 Å². The number of rotatable bonds is 5. The average Bonchev–Trinajstić information content (AvgIpc) is 2.35. The molecule has 0 aromatic heterocycles. The van der Waals surface area contributed by atoms with Gasteiger partial charge in [0.15, 0.2) is 0 Å². The van der Waals surface area contributed by atoms with Gasteiger partial charge in [0.1, 0.15) is 5.75 Å². The van der Waals surface area contributed by atoms with E-state index in [-0.39, 0.29) is 6.10 Å². The normalized spacial score (nSPS) is 18.8. The minimum Gasteiger partial charge on any atom is -0.494 e. The van der Waals surface area contributed by atoms with E-state index in [0.717, 1.165) is 50.1 Å². The quantitative estimate of drug-likeness (QED) is 0.813. The molecule has 0 heterocycles. The van der Waals surface area contributed by atoms with Gasteiger partial charge in [-0.25, -0.2) is 0 Å². The highest BCUT2D eigenvalue weighted by atomic mass is 16.5. The van der Waals surface area contributed by atoms with E-state index in [4.69, 9.17) is 4.74 Å². The van der Waals surface area contributed by atoms with E-state index in [1.807, 2.05) is 12.1 Å². The van der Waals surface area contributed by atoms with E-state index < -0.39 is 0 Å². The number of fused-ring (bicyclic) bond motifs is 1. The Morgan fingerprint density at radius 2 is 2.22 bits per heavy atom. The highest BCUT2D eigenvalue weighted by Crippen LogP contribution is 2.32. The number of nitrogens with zero attached hydrogens (tertiary/aromatic N) is 1. The molecule has 0 saturated heterocycles. The van der Waals surface area contributed by atoms with Gasteiger partial charge in [-0.05, 0) is 63.0 Å². The molecule has 100 valence electrons. The monoisotopic (exact) mass is 249 g/mol. The summed E-state index contributed by atoms with van der Waals surface area (Å²) in [5, 5.41) is 9.97. The van der Waals surface area contributed by atoms with Crippen LogP contribution in [0.15, 0.2) is 18.2 Å². The van der Waals surface area contributed by atoms with E-state index in [1.165, 1.54) is 5.56 Å². The summed E-state index contributed by atoms with van der Waals surface area (Å²) in [5.74, 6) is 0.883. The van der Waals surface area contributed by atoms with Crippen LogP contribution in [0.25, 0.3) is 0 Å². The Hall–Kier alpha value is -1.06. The minimum atomic E-state index is -0.306. The molecular weight excluding hydrogens is 226 g/mol. The van der Waals surface area contributed by atoms with Crippen molar-refractivity contribution in [3.63, 3.8) is 0 Å². The predicted molar refractivity (Wildman–Crippen MR) is 73.0 cm³/mol. The van der Waals surface area contributed by atoms with Crippen LogP contribution < -0.4 is 4.74 Å². The number of aryl methyl sites for hydroxylation is 1. The lowest BCUT2D eigenvalue weighted by molar-refractivity contribution is 0.156. The largest absolute Gasteiger partial charge is 0.494 e.